The second kappa shape index (κ2) is 6.16. The first-order chi connectivity index (χ1) is 8.80. The van der Waals surface area contributed by atoms with Crippen molar-refractivity contribution in [3.05, 3.63) is 29.3 Å². The van der Waals surface area contributed by atoms with E-state index in [0.29, 0.717) is 12.2 Å². The first-order valence-corrected chi connectivity index (χ1v) is 5.95. The van der Waals surface area contributed by atoms with Crippen molar-refractivity contribution in [1.29, 1.82) is 0 Å². The molecular weight excluding hydrogens is 244 g/mol. The van der Waals surface area contributed by atoms with Crippen LogP contribution in [-0.2, 0) is 16.1 Å². The number of hydrogen-bond acceptors (Lipinski definition) is 4. The summed E-state index contributed by atoms with van der Waals surface area (Å²) in [6.45, 7) is 7.61. The van der Waals surface area contributed by atoms with E-state index >= 15 is 0 Å². The van der Waals surface area contributed by atoms with Crippen LogP contribution in [0.5, 0.6) is 0 Å². The zero-order chi connectivity index (χ0) is 14.5. The number of carbonyl (C=O) groups excluding carboxylic acids is 2. The maximum Gasteiger partial charge on any atom is 0.407 e. The maximum atomic E-state index is 11.5. The quantitative estimate of drug-likeness (QED) is 0.672. The highest BCUT2D eigenvalue weighted by molar-refractivity contribution is 5.67. The summed E-state index contributed by atoms with van der Waals surface area (Å²) >= 11 is 0. The van der Waals surface area contributed by atoms with Crippen LogP contribution in [0.3, 0.4) is 0 Å². The summed E-state index contributed by atoms with van der Waals surface area (Å²) in [5.41, 5.74) is 1.80. The summed E-state index contributed by atoms with van der Waals surface area (Å²) in [6, 6.07) is 5.39. The lowest BCUT2D eigenvalue weighted by Gasteiger charge is -2.19. The number of amides is 1. The zero-order valence-electron chi connectivity index (χ0n) is 11.6. The predicted molar refractivity (Wildman–Crippen MR) is 72.0 cm³/mol. The molecule has 5 nitrogen and oxygen atoms in total. The van der Waals surface area contributed by atoms with E-state index in [1.165, 1.54) is 6.08 Å². The molecule has 19 heavy (non-hydrogen) atoms. The van der Waals surface area contributed by atoms with E-state index < -0.39 is 11.7 Å². The number of rotatable bonds is 3. The Morgan fingerprint density at radius 3 is 2.63 bits per heavy atom. The van der Waals surface area contributed by atoms with E-state index in [2.05, 4.69) is 10.3 Å². The number of ether oxygens (including phenoxy) is 1. The van der Waals surface area contributed by atoms with Gasteiger partial charge in [0.25, 0.3) is 0 Å². The predicted octanol–water partition coefficient (Wildman–Crippen LogP) is 2.99. The smallest absolute Gasteiger partial charge is 0.407 e. The van der Waals surface area contributed by atoms with Crippen LogP contribution >= 0.6 is 0 Å². The minimum atomic E-state index is -0.524. The summed E-state index contributed by atoms with van der Waals surface area (Å²) in [5, 5.41) is 2.65. The highest BCUT2D eigenvalue weighted by atomic mass is 16.6. The normalized spacial score (nSPS) is 10.5. The molecule has 0 radical (unpaired) electrons. The lowest BCUT2D eigenvalue weighted by molar-refractivity contribution is 0.0523. The van der Waals surface area contributed by atoms with E-state index in [1.807, 2.05) is 13.0 Å². The Hall–Kier alpha value is -2.13. The topological polar surface area (TPSA) is 67.8 Å². The van der Waals surface area contributed by atoms with E-state index in [0.717, 1.165) is 11.1 Å². The summed E-state index contributed by atoms with van der Waals surface area (Å²) in [5.74, 6) is 0. The molecule has 0 saturated carbocycles. The first-order valence-electron chi connectivity index (χ1n) is 5.95. The number of alkyl carbamates (subject to hydrolysis) is 1. The van der Waals surface area contributed by atoms with Crippen molar-refractivity contribution >= 4 is 17.9 Å². The van der Waals surface area contributed by atoms with Crippen LogP contribution in [0.1, 0.15) is 31.9 Å². The molecule has 0 aliphatic carbocycles. The Bertz CT molecular complexity index is 512. The van der Waals surface area contributed by atoms with Crippen LogP contribution < -0.4 is 5.32 Å². The van der Waals surface area contributed by atoms with Gasteiger partial charge in [0, 0.05) is 6.54 Å². The molecule has 0 fully saturated rings. The van der Waals surface area contributed by atoms with Gasteiger partial charge >= 0.3 is 6.09 Å². The highest BCUT2D eigenvalue weighted by Gasteiger charge is 2.15. The monoisotopic (exact) mass is 262 g/mol. The third-order valence-corrected chi connectivity index (χ3v) is 2.13. The van der Waals surface area contributed by atoms with Gasteiger partial charge in [0.05, 0.1) is 5.69 Å². The van der Waals surface area contributed by atoms with Crippen LogP contribution in [0.25, 0.3) is 0 Å². The van der Waals surface area contributed by atoms with Crippen LogP contribution in [-0.4, -0.2) is 17.8 Å². The Balaban J connectivity index is 2.67. The molecule has 0 spiro atoms. The summed E-state index contributed by atoms with van der Waals surface area (Å²) in [6.07, 6.45) is 1.02. The van der Waals surface area contributed by atoms with Crippen molar-refractivity contribution in [3.63, 3.8) is 0 Å². The van der Waals surface area contributed by atoms with Crippen molar-refractivity contribution in [3.8, 4) is 0 Å². The van der Waals surface area contributed by atoms with Crippen molar-refractivity contribution in [1.82, 2.24) is 5.32 Å². The van der Waals surface area contributed by atoms with Gasteiger partial charge in [-0.25, -0.2) is 9.59 Å². The average molecular weight is 262 g/mol. The van der Waals surface area contributed by atoms with Crippen LogP contribution in [0.4, 0.5) is 10.5 Å². The molecule has 0 unspecified atom stereocenters. The van der Waals surface area contributed by atoms with Crippen LogP contribution in [0.15, 0.2) is 23.2 Å². The molecule has 1 N–H and O–H groups in total. The minimum absolute atomic E-state index is 0.317. The number of hydrogen-bond donors (Lipinski definition) is 1. The van der Waals surface area contributed by atoms with Gasteiger partial charge in [0.2, 0.25) is 6.08 Å². The molecule has 0 heterocycles. The SMILES string of the molecule is Cc1cc(CNC(=O)OC(C)(C)C)cc(N=C=O)c1. The van der Waals surface area contributed by atoms with Crippen molar-refractivity contribution < 1.29 is 14.3 Å². The molecule has 1 aromatic carbocycles. The van der Waals surface area contributed by atoms with Crippen molar-refractivity contribution in [2.45, 2.75) is 39.8 Å². The molecular formula is C14H18N2O3. The molecule has 0 atom stereocenters. The fourth-order valence-electron chi connectivity index (χ4n) is 1.55. The number of aliphatic imine (C=N–C) groups is 1. The highest BCUT2D eigenvalue weighted by Crippen LogP contribution is 2.17. The fourth-order valence-corrected chi connectivity index (χ4v) is 1.55. The number of nitrogens with zero attached hydrogens (tertiary/aromatic N) is 1. The molecule has 0 aliphatic heterocycles. The minimum Gasteiger partial charge on any atom is -0.444 e. The Morgan fingerprint density at radius 2 is 2.05 bits per heavy atom. The molecule has 0 aromatic heterocycles. The summed E-state index contributed by atoms with van der Waals surface area (Å²) in [7, 11) is 0. The molecule has 0 bridgehead atoms. The number of carbonyl (C=O) groups is 1. The largest absolute Gasteiger partial charge is 0.444 e. The fraction of sp³-hybridized carbons (Fsp3) is 0.429. The van der Waals surface area contributed by atoms with Gasteiger partial charge in [0.15, 0.2) is 0 Å². The zero-order valence-corrected chi connectivity index (χ0v) is 11.6. The van der Waals surface area contributed by atoms with E-state index in [-0.39, 0.29) is 0 Å². The Kier molecular flexibility index (Phi) is 4.84. The lowest BCUT2D eigenvalue weighted by atomic mass is 10.1. The first kappa shape index (κ1) is 14.9. The standard InChI is InChI=1S/C14H18N2O3/c1-10-5-11(7-12(6-10)16-9-17)8-15-13(18)19-14(2,3)4/h5-7H,8H2,1-4H3,(H,15,18). The van der Waals surface area contributed by atoms with Gasteiger partial charge in [-0.15, -0.1) is 0 Å². The molecule has 0 aliphatic rings. The molecule has 102 valence electrons. The number of isocyanates is 1. The van der Waals surface area contributed by atoms with Gasteiger partial charge in [-0.1, -0.05) is 6.07 Å². The van der Waals surface area contributed by atoms with E-state index in [1.54, 1.807) is 32.9 Å². The third kappa shape index (κ3) is 5.84. The third-order valence-electron chi connectivity index (χ3n) is 2.13. The molecule has 0 saturated heterocycles. The van der Waals surface area contributed by atoms with E-state index in [9.17, 15) is 9.59 Å². The summed E-state index contributed by atoms with van der Waals surface area (Å²) < 4.78 is 5.13. The number of nitrogens with one attached hydrogen (secondary N) is 1. The van der Waals surface area contributed by atoms with Gasteiger partial charge in [-0.3, -0.25) is 0 Å². The molecule has 5 heteroatoms. The van der Waals surface area contributed by atoms with Gasteiger partial charge in [0.1, 0.15) is 5.60 Å². The van der Waals surface area contributed by atoms with Gasteiger partial charge in [-0.2, -0.15) is 4.99 Å². The van der Waals surface area contributed by atoms with Gasteiger partial charge in [-0.05, 0) is 51.0 Å². The molecule has 1 aromatic rings. The van der Waals surface area contributed by atoms with Crippen LogP contribution in [0.2, 0.25) is 0 Å². The second-order valence-electron chi connectivity index (χ2n) is 5.24. The van der Waals surface area contributed by atoms with Crippen LogP contribution in [0, 0.1) is 6.92 Å². The van der Waals surface area contributed by atoms with Crippen molar-refractivity contribution in [2.24, 2.45) is 4.99 Å². The van der Waals surface area contributed by atoms with Gasteiger partial charge < -0.3 is 10.1 Å². The number of aryl methyl sites for hydroxylation is 1. The maximum absolute atomic E-state index is 11.5. The summed E-state index contributed by atoms with van der Waals surface area (Å²) in [4.78, 5) is 25.3. The molecule has 1 amide bonds. The molecule has 1 rings (SSSR count). The second-order valence-corrected chi connectivity index (χ2v) is 5.24. The average Bonchev–Trinajstić information content (AvgIpc) is 2.24. The Morgan fingerprint density at radius 1 is 1.37 bits per heavy atom. The lowest BCUT2D eigenvalue weighted by Crippen LogP contribution is -2.32. The number of benzene rings is 1. The Labute approximate surface area is 112 Å². The van der Waals surface area contributed by atoms with Crippen molar-refractivity contribution in [2.75, 3.05) is 0 Å². The van der Waals surface area contributed by atoms with E-state index in [4.69, 9.17) is 4.74 Å².